The molecule has 0 saturated carbocycles. The second kappa shape index (κ2) is 13.5. The average Bonchev–Trinajstić information content (AvgIpc) is 2.88. The largest absolute Gasteiger partial charge is 0.493 e. The van der Waals surface area contributed by atoms with Crippen molar-refractivity contribution in [1.29, 1.82) is 0 Å². The molecule has 2 aromatic carbocycles. The van der Waals surface area contributed by atoms with E-state index in [1.54, 1.807) is 7.11 Å². The molecular formula is C28H38N4O4S. The normalized spacial score (nSPS) is 13.8. The van der Waals surface area contributed by atoms with E-state index in [9.17, 15) is 9.59 Å². The first-order valence-electron chi connectivity index (χ1n) is 12.7. The molecule has 0 bridgehead atoms. The van der Waals surface area contributed by atoms with E-state index in [1.807, 2.05) is 42.5 Å². The van der Waals surface area contributed by atoms with Crippen molar-refractivity contribution in [3.8, 4) is 11.5 Å². The van der Waals surface area contributed by atoms with Gasteiger partial charge in [-0.1, -0.05) is 30.8 Å². The van der Waals surface area contributed by atoms with Gasteiger partial charge >= 0.3 is 5.24 Å². The Balaban J connectivity index is 1.68. The SMILES string of the molecule is CCCOc1cc(C2=NN(Cc3ccc(NC(=O)CN(C(C)C)C(C)C)cc3)C(=O)SC2)ccc1OC. The Hall–Kier alpha value is -3.04. The molecule has 1 aliphatic heterocycles. The van der Waals surface area contributed by atoms with Gasteiger partial charge in [-0.25, -0.2) is 5.01 Å². The number of hydrogen-bond acceptors (Lipinski definition) is 7. The molecule has 9 heteroatoms. The maximum atomic E-state index is 12.6. The minimum atomic E-state index is -0.0976. The van der Waals surface area contributed by atoms with Crippen LogP contribution >= 0.6 is 11.8 Å². The van der Waals surface area contributed by atoms with Crippen LogP contribution in [0.25, 0.3) is 0 Å². The van der Waals surface area contributed by atoms with Crippen LogP contribution in [-0.2, 0) is 11.3 Å². The third-order valence-corrected chi connectivity index (χ3v) is 6.84. The second-order valence-electron chi connectivity index (χ2n) is 9.48. The first-order chi connectivity index (χ1) is 17.7. The fourth-order valence-corrected chi connectivity index (χ4v) is 4.78. The van der Waals surface area contributed by atoms with Crippen molar-refractivity contribution in [2.24, 2.45) is 5.10 Å². The van der Waals surface area contributed by atoms with Crippen LogP contribution in [0.15, 0.2) is 47.6 Å². The van der Waals surface area contributed by atoms with E-state index in [0.717, 1.165) is 28.9 Å². The van der Waals surface area contributed by atoms with Crippen LogP contribution in [-0.4, -0.2) is 64.9 Å². The van der Waals surface area contributed by atoms with Crippen molar-refractivity contribution in [2.75, 3.05) is 31.3 Å². The topological polar surface area (TPSA) is 83.5 Å². The van der Waals surface area contributed by atoms with Crippen LogP contribution < -0.4 is 14.8 Å². The molecule has 0 aliphatic carbocycles. The van der Waals surface area contributed by atoms with E-state index in [4.69, 9.17) is 9.47 Å². The highest BCUT2D eigenvalue weighted by Gasteiger charge is 2.23. The summed E-state index contributed by atoms with van der Waals surface area (Å²) in [5.74, 6) is 1.78. The molecule has 0 radical (unpaired) electrons. The smallest absolute Gasteiger partial charge is 0.302 e. The Bertz CT molecular complexity index is 1090. The Labute approximate surface area is 224 Å². The molecule has 0 aromatic heterocycles. The predicted molar refractivity (Wildman–Crippen MR) is 151 cm³/mol. The van der Waals surface area contributed by atoms with Gasteiger partial charge in [0.05, 0.1) is 32.5 Å². The number of carbonyl (C=O) groups excluding carboxylic acids is 2. The van der Waals surface area contributed by atoms with E-state index in [0.29, 0.717) is 36.9 Å². The van der Waals surface area contributed by atoms with Crippen LogP contribution in [0.5, 0.6) is 11.5 Å². The Morgan fingerprint density at radius 3 is 2.43 bits per heavy atom. The molecule has 3 rings (SSSR count). The summed E-state index contributed by atoms with van der Waals surface area (Å²) >= 11 is 1.23. The number of anilines is 1. The fourth-order valence-electron chi connectivity index (χ4n) is 4.04. The highest BCUT2D eigenvalue weighted by molar-refractivity contribution is 8.14. The van der Waals surface area contributed by atoms with E-state index in [1.165, 1.54) is 16.8 Å². The molecule has 8 nitrogen and oxygen atoms in total. The maximum Gasteiger partial charge on any atom is 0.302 e. The number of benzene rings is 2. The van der Waals surface area contributed by atoms with Crippen molar-refractivity contribution in [3.05, 3.63) is 53.6 Å². The molecular weight excluding hydrogens is 488 g/mol. The molecule has 1 N–H and O–H groups in total. The van der Waals surface area contributed by atoms with Crippen molar-refractivity contribution in [3.63, 3.8) is 0 Å². The fraction of sp³-hybridized carbons (Fsp3) is 0.464. The second-order valence-corrected chi connectivity index (χ2v) is 10.4. The molecule has 1 heterocycles. The summed E-state index contributed by atoms with van der Waals surface area (Å²) in [5, 5.41) is 9.00. The zero-order valence-corrected chi connectivity index (χ0v) is 23.4. The first-order valence-corrected chi connectivity index (χ1v) is 13.7. The van der Waals surface area contributed by atoms with Gasteiger partial charge in [0.25, 0.3) is 0 Å². The first kappa shape index (κ1) is 28.5. The number of hydrazone groups is 1. The van der Waals surface area contributed by atoms with Crippen molar-refractivity contribution in [1.82, 2.24) is 9.91 Å². The van der Waals surface area contributed by atoms with Gasteiger partial charge in [0, 0.05) is 29.1 Å². The number of rotatable bonds is 12. The van der Waals surface area contributed by atoms with E-state index >= 15 is 0 Å². The van der Waals surface area contributed by atoms with Gasteiger partial charge in [-0.05, 0) is 70.0 Å². The minimum absolute atomic E-state index is 0.0474. The van der Waals surface area contributed by atoms with Gasteiger partial charge in [0.1, 0.15) is 0 Å². The van der Waals surface area contributed by atoms with Crippen LogP contribution in [0, 0.1) is 0 Å². The Morgan fingerprint density at radius 2 is 1.81 bits per heavy atom. The molecule has 37 heavy (non-hydrogen) atoms. The molecule has 0 atom stereocenters. The van der Waals surface area contributed by atoms with Crippen molar-refractivity contribution >= 4 is 34.3 Å². The number of hydrogen-bond donors (Lipinski definition) is 1. The lowest BCUT2D eigenvalue weighted by molar-refractivity contribution is -0.118. The number of thioether (sulfide) groups is 1. The third-order valence-electron chi connectivity index (χ3n) is 5.97. The van der Waals surface area contributed by atoms with Crippen molar-refractivity contribution < 1.29 is 19.1 Å². The standard InChI is InChI=1S/C28H38N4O4S/c1-7-14-36-26-15-22(10-13-25(26)35-6)24-18-37-28(34)32(30-24)16-21-8-11-23(12-9-21)29-27(33)17-31(19(2)3)20(4)5/h8-13,15,19-20H,7,14,16-18H2,1-6H3,(H,29,33). The van der Waals surface area contributed by atoms with Gasteiger partial charge in [-0.2, -0.15) is 5.10 Å². The predicted octanol–water partition coefficient (Wildman–Crippen LogP) is 5.61. The van der Waals surface area contributed by atoms with E-state index < -0.39 is 0 Å². The molecule has 0 saturated heterocycles. The number of amides is 2. The summed E-state index contributed by atoms with van der Waals surface area (Å²) in [7, 11) is 1.62. The van der Waals surface area contributed by atoms with Crippen LogP contribution in [0.1, 0.15) is 52.2 Å². The number of nitrogens with one attached hydrogen (secondary N) is 1. The number of nitrogens with zero attached hydrogens (tertiary/aromatic N) is 3. The average molecular weight is 527 g/mol. The summed E-state index contributed by atoms with van der Waals surface area (Å²) in [6.07, 6.45) is 0.892. The summed E-state index contributed by atoms with van der Waals surface area (Å²) in [5.41, 5.74) is 3.34. The van der Waals surface area contributed by atoms with Gasteiger partial charge in [-0.3, -0.25) is 14.5 Å². The number of carbonyl (C=O) groups is 2. The van der Waals surface area contributed by atoms with Gasteiger partial charge in [0.15, 0.2) is 11.5 Å². The third kappa shape index (κ3) is 7.97. The quantitative estimate of drug-likeness (QED) is 0.387. The zero-order valence-electron chi connectivity index (χ0n) is 22.6. The maximum absolute atomic E-state index is 12.6. The lowest BCUT2D eigenvalue weighted by atomic mass is 10.1. The van der Waals surface area contributed by atoms with E-state index in [-0.39, 0.29) is 23.2 Å². The summed E-state index contributed by atoms with van der Waals surface area (Å²) < 4.78 is 11.2. The summed E-state index contributed by atoms with van der Waals surface area (Å²) in [4.78, 5) is 27.3. The zero-order chi connectivity index (χ0) is 26.9. The lowest BCUT2D eigenvalue weighted by Crippen LogP contribution is -2.42. The summed E-state index contributed by atoms with van der Waals surface area (Å²) in [6.45, 7) is 11.7. The molecule has 0 unspecified atom stereocenters. The number of ether oxygens (including phenoxy) is 2. The molecule has 200 valence electrons. The minimum Gasteiger partial charge on any atom is -0.493 e. The molecule has 0 fully saturated rings. The highest BCUT2D eigenvalue weighted by Crippen LogP contribution is 2.30. The van der Waals surface area contributed by atoms with Gasteiger partial charge in [0.2, 0.25) is 5.91 Å². The van der Waals surface area contributed by atoms with E-state index in [2.05, 4.69) is 49.9 Å². The Morgan fingerprint density at radius 1 is 1.11 bits per heavy atom. The lowest BCUT2D eigenvalue weighted by Gasteiger charge is -2.29. The summed E-state index contributed by atoms with van der Waals surface area (Å²) in [6, 6.07) is 13.8. The molecule has 2 aromatic rings. The van der Waals surface area contributed by atoms with Crippen LogP contribution in [0.4, 0.5) is 10.5 Å². The van der Waals surface area contributed by atoms with Crippen LogP contribution in [0.3, 0.4) is 0 Å². The van der Waals surface area contributed by atoms with Crippen LogP contribution in [0.2, 0.25) is 0 Å². The highest BCUT2D eigenvalue weighted by atomic mass is 32.2. The molecule has 1 aliphatic rings. The number of methoxy groups -OCH3 is 1. The monoisotopic (exact) mass is 526 g/mol. The van der Waals surface area contributed by atoms with Crippen molar-refractivity contribution in [2.45, 2.75) is 59.7 Å². The van der Waals surface area contributed by atoms with Gasteiger partial charge in [-0.15, -0.1) is 0 Å². The molecule has 2 amide bonds. The Kier molecular flexibility index (Phi) is 10.4. The molecule has 0 spiro atoms. The van der Waals surface area contributed by atoms with Gasteiger partial charge < -0.3 is 14.8 Å².